The zero-order valence-corrected chi connectivity index (χ0v) is 10.2. The summed E-state index contributed by atoms with van der Waals surface area (Å²) in [5, 5.41) is 20.8. The molecule has 0 radical (unpaired) electrons. The van der Waals surface area contributed by atoms with Gasteiger partial charge in [0.2, 0.25) is 0 Å². The lowest BCUT2D eigenvalue weighted by atomic mass is 10.2. The van der Waals surface area contributed by atoms with E-state index < -0.39 is 0 Å². The van der Waals surface area contributed by atoms with Crippen LogP contribution in [0.3, 0.4) is 0 Å². The Morgan fingerprint density at radius 2 is 2.35 bits per heavy atom. The average molecular weight is 259 g/mol. The van der Waals surface area contributed by atoms with Gasteiger partial charge in [-0.15, -0.1) is 0 Å². The van der Waals surface area contributed by atoms with Crippen LogP contribution in [0.4, 0.5) is 5.82 Å². The molecule has 0 aliphatic rings. The summed E-state index contributed by atoms with van der Waals surface area (Å²) in [5.74, 6) is 0.436. The van der Waals surface area contributed by atoms with Crippen molar-refractivity contribution in [2.24, 2.45) is 10.9 Å². The van der Waals surface area contributed by atoms with E-state index >= 15 is 0 Å². The van der Waals surface area contributed by atoms with E-state index in [1.807, 2.05) is 6.92 Å². The van der Waals surface area contributed by atoms with E-state index in [4.69, 9.17) is 27.6 Å². The van der Waals surface area contributed by atoms with Gasteiger partial charge < -0.3 is 20.9 Å². The van der Waals surface area contributed by atoms with Gasteiger partial charge in [-0.3, -0.25) is 0 Å². The minimum atomic E-state index is -0.0706. The molecular formula is C10H15ClN4O2. The molecule has 0 fully saturated rings. The number of hydrogen-bond acceptors (Lipinski definition) is 5. The van der Waals surface area contributed by atoms with Crippen molar-refractivity contribution in [2.75, 3.05) is 24.6 Å². The number of likely N-dealkylation sites (N-methyl/N-ethyl adjacent to an activating group) is 1. The summed E-state index contributed by atoms with van der Waals surface area (Å²) in [6.45, 7) is 2.99. The number of aliphatic hydroxyl groups is 1. The van der Waals surface area contributed by atoms with E-state index in [1.54, 1.807) is 11.0 Å². The molecule has 94 valence electrons. The Labute approximate surface area is 104 Å². The normalized spacial score (nSPS) is 11.6. The summed E-state index contributed by atoms with van der Waals surface area (Å²) in [4.78, 5) is 5.94. The van der Waals surface area contributed by atoms with Crippen LogP contribution in [-0.4, -0.2) is 40.8 Å². The van der Waals surface area contributed by atoms with E-state index in [0.29, 0.717) is 29.5 Å². The zero-order valence-electron chi connectivity index (χ0n) is 9.47. The molecular weight excluding hydrogens is 244 g/mol. The molecule has 7 heteroatoms. The molecule has 0 aromatic carbocycles. The number of anilines is 1. The highest BCUT2D eigenvalue weighted by Crippen LogP contribution is 2.26. The van der Waals surface area contributed by atoms with Crippen LogP contribution in [0, 0.1) is 0 Å². The first-order valence-corrected chi connectivity index (χ1v) is 5.51. The Morgan fingerprint density at radius 3 is 2.88 bits per heavy atom. The highest BCUT2D eigenvalue weighted by atomic mass is 35.5. The molecule has 0 bridgehead atoms. The fourth-order valence-electron chi connectivity index (χ4n) is 1.44. The number of hydrogen-bond donors (Lipinski definition) is 3. The van der Waals surface area contributed by atoms with Gasteiger partial charge in [-0.05, 0) is 13.0 Å². The minimum Gasteiger partial charge on any atom is -0.409 e. The van der Waals surface area contributed by atoms with E-state index in [0.717, 1.165) is 0 Å². The maximum absolute atomic E-state index is 8.94. The van der Waals surface area contributed by atoms with Crippen LogP contribution in [0.25, 0.3) is 0 Å². The molecule has 0 aliphatic heterocycles. The van der Waals surface area contributed by atoms with Gasteiger partial charge >= 0.3 is 0 Å². The lowest BCUT2D eigenvalue weighted by Gasteiger charge is -2.22. The quantitative estimate of drug-likeness (QED) is 0.312. The van der Waals surface area contributed by atoms with E-state index in [2.05, 4.69) is 10.1 Å². The van der Waals surface area contributed by atoms with Gasteiger partial charge in [0.1, 0.15) is 5.82 Å². The van der Waals surface area contributed by atoms with Gasteiger partial charge in [0, 0.05) is 24.8 Å². The topological polar surface area (TPSA) is 95.0 Å². The maximum atomic E-state index is 8.94. The molecule has 1 aromatic rings. The lowest BCUT2D eigenvalue weighted by molar-refractivity contribution is 0.302. The number of halogens is 1. The summed E-state index contributed by atoms with van der Waals surface area (Å²) in [6, 6.07) is 1.56. The van der Waals surface area contributed by atoms with Crippen molar-refractivity contribution >= 4 is 23.3 Å². The molecule has 0 unspecified atom stereocenters. The molecule has 0 saturated heterocycles. The molecule has 0 atom stereocenters. The molecule has 0 saturated carbocycles. The number of nitrogens with two attached hydrogens (primary N) is 1. The summed E-state index contributed by atoms with van der Waals surface area (Å²) in [6.07, 6.45) is 1.52. The van der Waals surface area contributed by atoms with Crippen molar-refractivity contribution in [1.82, 2.24) is 4.98 Å². The Kier molecular flexibility index (Phi) is 4.99. The Hall–Kier alpha value is -1.53. The fourth-order valence-corrected chi connectivity index (χ4v) is 1.77. The SMILES string of the molecule is CCN(CCO)c1nccc(/C(N)=N/O)c1Cl. The van der Waals surface area contributed by atoms with Crippen molar-refractivity contribution in [1.29, 1.82) is 0 Å². The van der Waals surface area contributed by atoms with Crippen molar-refractivity contribution in [2.45, 2.75) is 6.92 Å². The summed E-state index contributed by atoms with van der Waals surface area (Å²) in [5.41, 5.74) is 5.91. The van der Waals surface area contributed by atoms with Crippen LogP contribution in [0.15, 0.2) is 17.4 Å². The van der Waals surface area contributed by atoms with Crippen molar-refractivity contribution in [3.05, 3.63) is 22.8 Å². The maximum Gasteiger partial charge on any atom is 0.171 e. The molecule has 17 heavy (non-hydrogen) atoms. The monoisotopic (exact) mass is 258 g/mol. The van der Waals surface area contributed by atoms with Crippen LogP contribution in [0.5, 0.6) is 0 Å². The third kappa shape index (κ3) is 2.98. The number of aromatic nitrogens is 1. The first kappa shape index (κ1) is 13.5. The van der Waals surface area contributed by atoms with Crippen LogP contribution >= 0.6 is 11.6 Å². The Balaban J connectivity index is 3.17. The van der Waals surface area contributed by atoms with E-state index in [-0.39, 0.29) is 12.4 Å². The molecule has 4 N–H and O–H groups in total. The fraction of sp³-hybridized carbons (Fsp3) is 0.400. The van der Waals surface area contributed by atoms with Crippen molar-refractivity contribution in [3.8, 4) is 0 Å². The molecule has 0 amide bonds. The van der Waals surface area contributed by atoms with Gasteiger partial charge in [0.25, 0.3) is 0 Å². The number of pyridine rings is 1. The number of oxime groups is 1. The minimum absolute atomic E-state index is 0.000349. The van der Waals surface area contributed by atoms with Gasteiger partial charge in [-0.2, -0.15) is 0 Å². The van der Waals surface area contributed by atoms with Crippen LogP contribution in [-0.2, 0) is 0 Å². The highest BCUT2D eigenvalue weighted by molar-refractivity contribution is 6.36. The predicted molar refractivity (Wildman–Crippen MR) is 66.7 cm³/mol. The predicted octanol–water partition coefficient (Wildman–Crippen LogP) is 0.648. The van der Waals surface area contributed by atoms with Crippen LogP contribution in [0.2, 0.25) is 5.02 Å². The van der Waals surface area contributed by atoms with E-state index in [9.17, 15) is 0 Å². The number of aliphatic hydroxyl groups excluding tert-OH is 1. The molecule has 1 aromatic heterocycles. The Bertz CT molecular complexity index is 411. The van der Waals surface area contributed by atoms with Crippen LogP contribution < -0.4 is 10.6 Å². The highest BCUT2D eigenvalue weighted by Gasteiger charge is 2.15. The van der Waals surface area contributed by atoms with Gasteiger partial charge in [0.15, 0.2) is 5.84 Å². The van der Waals surface area contributed by atoms with Gasteiger partial charge in [-0.25, -0.2) is 4.98 Å². The van der Waals surface area contributed by atoms with E-state index in [1.165, 1.54) is 6.20 Å². The third-order valence-corrected chi connectivity index (χ3v) is 2.68. The number of nitrogens with zero attached hydrogens (tertiary/aromatic N) is 3. The summed E-state index contributed by atoms with van der Waals surface area (Å²) < 4.78 is 0. The van der Waals surface area contributed by atoms with Crippen molar-refractivity contribution in [3.63, 3.8) is 0 Å². The first-order valence-electron chi connectivity index (χ1n) is 5.13. The lowest BCUT2D eigenvalue weighted by Crippen LogP contribution is -2.28. The number of amidine groups is 1. The zero-order chi connectivity index (χ0) is 12.8. The van der Waals surface area contributed by atoms with Gasteiger partial charge in [0.05, 0.1) is 11.6 Å². The third-order valence-electron chi connectivity index (χ3n) is 2.31. The largest absolute Gasteiger partial charge is 0.409 e. The molecule has 1 heterocycles. The molecule has 0 spiro atoms. The molecule has 1 rings (SSSR count). The smallest absolute Gasteiger partial charge is 0.171 e. The first-order chi connectivity index (χ1) is 8.15. The molecule has 0 aliphatic carbocycles. The average Bonchev–Trinajstić information content (AvgIpc) is 2.36. The summed E-state index contributed by atoms with van der Waals surface area (Å²) in [7, 11) is 0. The second-order valence-electron chi connectivity index (χ2n) is 3.28. The second kappa shape index (κ2) is 6.27. The Morgan fingerprint density at radius 1 is 1.65 bits per heavy atom. The molecule has 6 nitrogen and oxygen atoms in total. The standard InChI is InChI=1S/C10H15ClN4O2/c1-2-15(5-6-16)10-8(11)7(3-4-13-10)9(12)14-17/h3-4,16-17H,2,5-6H2,1H3,(H2,12,14). The summed E-state index contributed by atoms with van der Waals surface area (Å²) >= 11 is 6.13. The second-order valence-corrected chi connectivity index (χ2v) is 3.66. The van der Waals surface area contributed by atoms with Crippen molar-refractivity contribution < 1.29 is 10.3 Å². The van der Waals surface area contributed by atoms with Gasteiger partial charge in [-0.1, -0.05) is 16.8 Å². The number of rotatable bonds is 5. The van der Waals surface area contributed by atoms with Crippen LogP contribution in [0.1, 0.15) is 12.5 Å².